The Balaban J connectivity index is 2.52. The molecule has 0 aliphatic rings. The first kappa shape index (κ1) is 14.0. The molecule has 20 heavy (non-hydrogen) atoms. The number of nitrogens with zero attached hydrogens (tertiary/aromatic N) is 1. The van der Waals surface area contributed by atoms with Crippen molar-refractivity contribution in [3.8, 4) is 28.6 Å². The van der Waals surface area contributed by atoms with E-state index in [1.54, 1.807) is 32.4 Å². The maximum absolute atomic E-state index is 5.70. The van der Waals surface area contributed by atoms with Crippen molar-refractivity contribution in [2.75, 3.05) is 20.0 Å². The molecule has 2 aromatic rings. The Morgan fingerprint density at radius 3 is 2.25 bits per heavy atom. The lowest BCUT2D eigenvalue weighted by Gasteiger charge is -2.16. The van der Waals surface area contributed by atoms with Gasteiger partial charge >= 0.3 is 0 Å². The Hall–Kier alpha value is -2.37. The Kier molecular flexibility index (Phi) is 4.02. The molecule has 6 nitrogen and oxygen atoms in total. The molecule has 0 aliphatic carbocycles. The summed E-state index contributed by atoms with van der Waals surface area (Å²) in [5.74, 6) is 2.61. The standard InChI is InChI=1S/C14H18N2O4/c1-8(2)19-13-6-10(17-3)9(5-12(13)18-4)11-7-14(15)16-20-11/h5-8H,1-4H3,(H2,15,16). The second-order valence-corrected chi connectivity index (χ2v) is 4.49. The van der Waals surface area contributed by atoms with Gasteiger partial charge in [0.05, 0.1) is 25.9 Å². The van der Waals surface area contributed by atoms with Crippen LogP contribution in [0.2, 0.25) is 0 Å². The van der Waals surface area contributed by atoms with Crippen LogP contribution in [0.25, 0.3) is 11.3 Å². The van der Waals surface area contributed by atoms with Crippen molar-refractivity contribution in [1.82, 2.24) is 5.16 Å². The number of methoxy groups -OCH3 is 2. The Morgan fingerprint density at radius 1 is 1.05 bits per heavy atom. The van der Waals surface area contributed by atoms with E-state index in [4.69, 9.17) is 24.5 Å². The molecule has 0 spiro atoms. The van der Waals surface area contributed by atoms with Crippen LogP contribution in [0.4, 0.5) is 5.82 Å². The van der Waals surface area contributed by atoms with E-state index in [1.165, 1.54) is 0 Å². The molecule has 1 heterocycles. The molecule has 0 aliphatic heterocycles. The van der Waals surface area contributed by atoms with Crippen LogP contribution in [0.1, 0.15) is 13.8 Å². The Bertz CT molecular complexity index is 593. The fraction of sp³-hybridized carbons (Fsp3) is 0.357. The number of anilines is 1. The van der Waals surface area contributed by atoms with E-state index in [0.717, 1.165) is 0 Å². The number of ether oxygens (including phenoxy) is 3. The minimum atomic E-state index is 0.0281. The quantitative estimate of drug-likeness (QED) is 0.905. The molecule has 1 aromatic carbocycles. The van der Waals surface area contributed by atoms with Gasteiger partial charge in [-0.25, -0.2) is 0 Å². The van der Waals surface area contributed by atoms with E-state index >= 15 is 0 Å². The Morgan fingerprint density at radius 2 is 1.75 bits per heavy atom. The van der Waals surface area contributed by atoms with E-state index < -0.39 is 0 Å². The molecule has 108 valence electrons. The first-order valence-electron chi connectivity index (χ1n) is 6.20. The average molecular weight is 278 g/mol. The summed E-state index contributed by atoms with van der Waals surface area (Å²) >= 11 is 0. The van der Waals surface area contributed by atoms with Gasteiger partial charge < -0.3 is 24.5 Å². The highest BCUT2D eigenvalue weighted by Gasteiger charge is 2.17. The molecule has 0 bridgehead atoms. The van der Waals surface area contributed by atoms with Crippen LogP contribution in [-0.2, 0) is 0 Å². The minimum absolute atomic E-state index is 0.0281. The second-order valence-electron chi connectivity index (χ2n) is 4.49. The number of rotatable bonds is 5. The van der Waals surface area contributed by atoms with E-state index in [0.29, 0.717) is 34.4 Å². The highest BCUT2D eigenvalue weighted by molar-refractivity contribution is 5.71. The predicted octanol–water partition coefficient (Wildman–Crippen LogP) is 2.73. The fourth-order valence-electron chi connectivity index (χ4n) is 1.82. The summed E-state index contributed by atoms with van der Waals surface area (Å²) in [7, 11) is 3.15. The van der Waals surface area contributed by atoms with E-state index in [1.807, 2.05) is 13.8 Å². The van der Waals surface area contributed by atoms with Crippen LogP contribution < -0.4 is 19.9 Å². The van der Waals surface area contributed by atoms with Crippen molar-refractivity contribution in [2.45, 2.75) is 20.0 Å². The summed E-state index contributed by atoms with van der Waals surface area (Å²) in [5.41, 5.74) is 6.27. The topological polar surface area (TPSA) is 79.7 Å². The smallest absolute Gasteiger partial charge is 0.172 e. The molecular formula is C14H18N2O4. The molecule has 0 radical (unpaired) electrons. The minimum Gasteiger partial charge on any atom is -0.496 e. The van der Waals surface area contributed by atoms with Crippen LogP contribution in [-0.4, -0.2) is 25.5 Å². The van der Waals surface area contributed by atoms with Gasteiger partial charge in [-0.15, -0.1) is 0 Å². The average Bonchev–Trinajstić information content (AvgIpc) is 2.84. The number of benzene rings is 1. The highest BCUT2D eigenvalue weighted by atomic mass is 16.5. The van der Waals surface area contributed by atoms with Crippen molar-refractivity contribution >= 4 is 5.82 Å². The molecule has 2 rings (SSSR count). The molecule has 6 heteroatoms. The molecule has 0 saturated carbocycles. The zero-order valence-corrected chi connectivity index (χ0v) is 12.0. The maximum atomic E-state index is 5.70. The summed E-state index contributed by atoms with van der Waals surface area (Å²) in [6.45, 7) is 3.88. The van der Waals surface area contributed by atoms with Crippen LogP contribution >= 0.6 is 0 Å². The van der Waals surface area contributed by atoms with E-state index in [2.05, 4.69) is 5.16 Å². The fourth-order valence-corrected chi connectivity index (χ4v) is 1.82. The van der Waals surface area contributed by atoms with Crippen molar-refractivity contribution in [3.63, 3.8) is 0 Å². The lowest BCUT2D eigenvalue weighted by molar-refractivity contribution is 0.229. The predicted molar refractivity (Wildman–Crippen MR) is 75.2 cm³/mol. The molecule has 0 fully saturated rings. The summed E-state index contributed by atoms with van der Waals surface area (Å²) in [6, 6.07) is 5.16. The number of hydrogen-bond donors (Lipinski definition) is 1. The molecular weight excluding hydrogens is 260 g/mol. The monoisotopic (exact) mass is 278 g/mol. The number of nitrogen functional groups attached to an aromatic ring is 1. The lowest BCUT2D eigenvalue weighted by atomic mass is 10.1. The van der Waals surface area contributed by atoms with Gasteiger partial charge in [0.25, 0.3) is 0 Å². The van der Waals surface area contributed by atoms with Gasteiger partial charge in [-0.2, -0.15) is 0 Å². The number of aromatic nitrogens is 1. The SMILES string of the molecule is COc1cc(-c2cc(N)no2)c(OC)cc1OC(C)C. The molecule has 1 aromatic heterocycles. The van der Waals surface area contributed by atoms with Crippen LogP contribution in [0.15, 0.2) is 22.7 Å². The first-order chi connectivity index (χ1) is 9.55. The van der Waals surface area contributed by atoms with Crippen LogP contribution in [0.5, 0.6) is 17.2 Å². The van der Waals surface area contributed by atoms with E-state index in [9.17, 15) is 0 Å². The largest absolute Gasteiger partial charge is 0.496 e. The van der Waals surface area contributed by atoms with Gasteiger partial charge in [-0.1, -0.05) is 5.16 Å². The van der Waals surface area contributed by atoms with Crippen molar-refractivity contribution in [3.05, 3.63) is 18.2 Å². The Labute approximate surface area is 117 Å². The zero-order chi connectivity index (χ0) is 14.7. The maximum Gasteiger partial charge on any atom is 0.172 e. The molecule has 0 amide bonds. The first-order valence-corrected chi connectivity index (χ1v) is 6.20. The molecule has 2 N–H and O–H groups in total. The zero-order valence-electron chi connectivity index (χ0n) is 12.0. The number of hydrogen-bond acceptors (Lipinski definition) is 6. The highest BCUT2D eigenvalue weighted by Crippen LogP contribution is 2.40. The second kappa shape index (κ2) is 5.73. The van der Waals surface area contributed by atoms with Crippen LogP contribution in [0.3, 0.4) is 0 Å². The summed E-state index contributed by atoms with van der Waals surface area (Å²) in [5, 5.41) is 3.67. The molecule has 0 atom stereocenters. The van der Waals surface area contributed by atoms with E-state index in [-0.39, 0.29) is 6.10 Å². The third-order valence-electron chi connectivity index (χ3n) is 2.64. The van der Waals surface area contributed by atoms with Gasteiger partial charge in [0.15, 0.2) is 23.1 Å². The third-order valence-corrected chi connectivity index (χ3v) is 2.64. The summed E-state index contributed by atoms with van der Waals surface area (Å²) < 4.78 is 21.6. The summed E-state index contributed by atoms with van der Waals surface area (Å²) in [4.78, 5) is 0. The van der Waals surface area contributed by atoms with Crippen molar-refractivity contribution in [2.24, 2.45) is 0 Å². The lowest BCUT2D eigenvalue weighted by Crippen LogP contribution is -2.07. The van der Waals surface area contributed by atoms with Crippen LogP contribution in [0, 0.1) is 0 Å². The van der Waals surface area contributed by atoms with Crippen molar-refractivity contribution < 1.29 is 18.7 Å². The molecule has 0 saturated heterocycles. The van der Waals surface area contributed by atoms with Gasteiger partial charge in [0.1, 0.15) is 5.75 Å². The van der Waals surface area contributed by atoms with Gasteiger partial charge in [0, 0.05) is 12.1 Å². The van der Waals surface area contributed by atoms with Crippen molar-refractivity contribution in [1.29, 1.82) is 0 Å². The third kappa shape index (κ3) is 2.79. The summed E-state index contributed by atoms with van der Waals surface area (Å²) in [6.07, 6.45) is 0.0281. The van der Waals surface area contributed by atoms with Gasteiger partial charge in [-0.05, 0) is 19.9 Å². The molecule has 0 unspecified atom stereocenters. The van der Waals surface area contributed by atoms with Gasteiger partial charge in [0.2, 0.25) is 0 Å². The normalized spacial score (nSPS) is 10.7. The number of nitrogens with two attached hydrogens (primary N) is 1. The van der Waals surface area contributed by atoms with Gasteiger partial charge in [-0.3, -0.25) is 0 Å².